The largest absolute Gasteiger partial charge is 0.352 e. The van der Waals surface area contributed by atoms with Crippen molar-refractivity contribution in [1.82, 2.24) is 16.0 Å². The maximum atomic E-state index is 12.9. The van der Waals surface area contributed by atoms with Crippen LogP contribution in [0, 0.1) is 0 Å². The second kappa shape index (κ2) is 7.42. The highest BCUT2D eigenvalue weighted by Crippen LogP contribution is 2.37. The number of guanidine groups is 1. The second-order valence-electron chi connectivity index (χ2n) is 7.12. The number of imide groups is 1. The van der Waals surface area contributed by atoms with Crippen molar-refractivity contribution in [1.29, 1.82) is 0 Å². The third-order valence-corrected chi connectivity index (χ3v) is 5.15. The molecule has 2 fully saturated rings. The molecule has 0 bridgehead atoms. The Morgan fingerprint density at radius 2 is 2.08 bits per heavy atom. The first-order valence-corrected chi connectivity index (χ1v) is 8.88. The van der Waals surface area contributed by atoms with Crippen LogP contribution in [0.25, 0.3) is 0 Å². The van der Waals surface area contributed by atoms with Gasteiger partial charge in [-0.15, -0.1) is 24.0 Å². The van der Waals surface area contributed by atoms with E-state index < -0.39 is 5.54 Å². The van der Waals surface area contributed by atoms with Gasteiger partial charge in [-0.05, 0) is 37.5 Å². The molecule has 7 nitrogen and oxygen atoms in total. The van der Waals surface area contributed by atoms with Gasteiger partial charge in [-0.1, -0.05) is 25.0 Å². The Balaban J connectivity index is 0.00000196. The molecule has 1 spiro atoms. The highest BCUT2D eigenvalue weighted by molar-refractivity contribution is 14.0. The number of hydrogen-bond acceptors (Lipinski definition) is 5. The van der Waals surface area contributed by atoms with Crippen molar-refractivity contribution in [3.05, 3.63) is 29.8 Å². The van der Waals surface area contributed by atoms with Gasteiger partial charge in [-0.3, -0.25) is 9.79 Å². The average Bonchev–Trinajstić information content (AvgIpc) is 3.28. The molecule has 1 saturated heterocycles. The summed E-state index contributed by atoms with van der Waals surface area (Å²) in [5.74, 6) is 0.675. The van der Waals surface area contributed by atoms with Crippen molar-refractivity contribution in [2.75, 3.05) is 11.4 Å². The zero-order chi connectivity index (χ0) is 17.4. The molecule has 0 aromatic heterocycles. The van der Waals surface area contributed by atoms with Gasteiger partial charge in [0.05, 0.1) is 12.2 Å². The molecule has 26 heavy (non-hydrogen) atoms. The van der Waals surface area contributed by atoms with Crippen LogP contribution in [0.15, 0.2) is 29.3 Å². The van der Waals surface area contributed by atoms with Gasteiger partial charge in [-0.25, -0.2) is 9.69 Å². The van der Waals surface area contributed by atoms with Crippen LogP contribution in [-0.2, 0) is 11.3 Å². The third kappa shape index (κ3) is 3.38. The predicted molar refractivity (Wildman–Crippen MR) is 111 cm³/mol. The van der Waals surface area contributed by atoms with Gasteiger partial charge in [0.1, 0.15) is 5.54 Å². The van der Waals surface area contributed by atoms with Crippen LogP contribution in [0.1, 0.15) is 38.2 Å². The molecule has 1 unspecified atom stereocenters. The summed E-state index contributed by atoms with van der Waals surface area (Å²) in [4.78, 5) is 30.9. The van der Waals surface area contributed by atoms with Crippen LogP contribution in [0.2, 0.25) is 0 Å². The number of anilines is 1. The molecule has 3 amide bonds. The Hall–Kier alpha value is -1.84. The van der Waals surface area contributed by atoms with Crippen LogP contribution >= 0.6 is 24.0 Å². The van der Waals surface area contributed by atoms with Gasteiger partial charge in [0, 0.05) is 12.6 Å². The Morgan fingerprint density at radius 3 is 2.77 bits per heavy atom. The third-order valence-electron chi connectivity index (χ3n) is 5.15. The Kier molecular flexibility index (Phi) is 5.40. The summed E-state index contributed by atoms with van der Waals surface area (Å²) in [6.45, 7) is 3.43. The van der Waals surface area contributed by atoms with E-state index in [4.69, 9.17) is 0 Å². The summed E-state index contributed by atoms with van der Waals surface area (Å²) in [6.07, 6.45) is 3.44. The van der Waals surface area contributed by atoms with Crippen LogP contribution in [-0.4, -0.2) is 36.0 Å². The Morgan fingerprint density at radius 1 is 1.31 bits per heavy atom. The quantitative estimate of drug-likeness (QED) is 0.468. The minimum Gasteiger partial charge on any atom is -0.352 e. The van der Waals surface area contributed by atoms with Crippen LogP contribution < -0.4 is 20.9 Å². The number of carbonyl (C=O) groups is 2. The number of urea groups is 1. The Bertz CT molecular complexity index is 745. The lowest BCUT2D eigenvalue weighted by Gasteiger charge is -2.20. The summed E-state index contributed by atoms with van der Waals surface area (Å²) in [5, 5.41) is 9.42. The van der Waals surface area contributed by atoms with E-state index in [9.17, 15) is 9.59 Å². The number of aliphatic imine (C=N–C) groups is 1. The van der Waals surface area contributed by atoms with E-state index in [2.05, 4.69) is 27.9 Å². The summed E-state index contributed by atoms with van der Waals surface area (Å²) in [7, 11) is 0. The molecule has 1 saturated carbocycles. The number of amides is 3. The van der Waals surface area contributed by atoms with Crippen LogP contribution in [0.4, 0.5) is 10.5 Å². The van der Waals surface area contributed by atoms with Crippen molar-refractivity contribution < 1.29 is 9.59 Å². The first-order valence-electron chi connectivity index (χ1n) is 8.88. The van der Waals surface area contributed by atoms with Crippen LogP contribution in [0.5, 0.6) is 0 Å². The minimum absolute atomic E-state index is 0. The van der Waals surface area contributed by atoms with E-state index in [1.54, 1.807) is 0 Å². The lowest BCUT2D eigenvalue weighted by molar-refractivity contribution is -0.121. The number of nitrogens with zero attached hydrogens (tertiary/aromatic N) is 2. The lowest BCUT2D eigenvalue weighted by atomic mass is 9.98. The average molecular weight is 469 g/mol. The van der Waals surface area contributed by atoms with E-state index >= 15 is 0 Å². The molecule has 1 aromatic rings. The maximum Gasteiger partial charge on any atom is 0.329 e. The number of carbonyl (C=O) groups excluding carboxylic acids is 2. The number of benzene rings is 1. The van der Waals surface area contributed by atoms with Crippen molar-refractivity contribution >= 4 is 47.6 Å². The van der Waals surface area contributed by atoms with E-state index in [0.717, 1.165) is 43.8 Å². The predicted octanol–water partition coefficient (Wildman–Crippen LogP) is 2.11. The number of nitrogens with one attached hydrogen (secondary N) is 3. The molecule has 4 rings (SSSR count). The van der Waals surface area contributed by atoms with E-state index in [0.29, 0.717) is 18.3 Å². The fourth-order valence-corrected chi connectivity index (χ4v) is 3.82. The number of rotatable bonds is 3. The zero-order valence-electron chi connectivity index (χ0n) is 14.7. The summed E-state index contributed by atoms with van der Waals surface area (Å²) < 4.78 is 0. The van der Waals surface area contributed by atoms with Gasteiger partial charge < -0.3 is 16.0 Å². The highest BCUT2D eigenvalue weighted by atomic mass is 127. The molecular formula is C18H24IN5O2. The topological polar surface area (TPSA) is 85.8 Å². The molecule has 3 aliphatic rings. The van der Waals surface area contributed by atoms with Crippen molar-refractivity contribution in [2.45, 2.75) is 50.7 Å². The van der Waals surface area contributed by atoms with E-state index in [-0.39, 0.29) is 35.9 Å². The molecule has 8 heteroatoms. The summed E-state index contributed by atoms with van der Waals surface area (Å²) in [5.41, 5.74) is 0.944. The van der Waals surface area contributed by atoms with E-state index in [1.165, 1.54) is 4.90 Å². The van der Waals surface area contributed by atoms with Crippen molar-refractivity contribution in [3.8, 4) is 0 Å². The zero-order valence-corrected chi connectivity index (χ0v) is 17.1. The monoisotopic (exact) mass is 469 g/mol. The minimum atomic E-state index is -0.677. The van der Waals surface area contributed by atoms with Crippen molar-refractivity contribution in [3.63, 3.8) is 0 Å². The van der Waals surface area contributed by atoms with Gasteiger partial charge in [0.15, 0.2) is 5.96 Å². The lowest BCUT2D eigenvalue weighted by Crippen LogP contribution is -2.44. The van der Waals surface area contributed by atoms with E-state index in [1.807, 2.05) is 24.3 Å². The fourth-order valence-electron chi connectivity index (χ4n) is 3.82. The standard InChI is InChI=1S/C18H23N5O2.HI/c1-12-10-19-16(21-12)20-11-13-5-4-6-14(9-13)23-15(24)18(22-17(23)25)7-2-3-8-18;/h4-6,9,12H,2-3,7-8,10-11H2,1H3,(H,22,25)(H2,19,20,21);1H. The molecule has 140 valence electrons. The number of hydrogen-bond donors (Lipinski definition) is 3. The maximum absolute atomic E-state index is 12.9. The second-order valence-corrected chi connectivity index (χ2v) is 7.12. The molecule has 1 atom stereocenters. The first kappa shape index (κ1) is 18.9. The van der Waals surface area contributed by atoms with Gasteiger partial charge >= 0.3 is 6.03 Å². The van der Waals surface area contributed by atoms with Crippen molar-refractivity contribution in [2.24, 2.45) is 4.99 Å². The molecule has 1 aliphatic carbocycles. The SMILES string of the molecule is CC1CN=C(NCc2cccc(N3C(=O)NC4(CCCC4)C3=O)c2)N1.I. The highest BCUT2D eigenvalue weighted by Gasteiger charge is 2.52. The molecule has 2 aliphatic heterocycles. The molecule has 1 aromatic carbocycles. The van der Waals surface area contributed by atoms with Gasteiger partial charge in [-0.2, -0.15) is 0 Å². The molecule has 3 N–H and O–H groups in total. The number of halogens is 1. The van der Waals surface area contributed by atoms with Crippen LogP contribution in [0.3, 0.4) is 0 Å². The molecular weight excluding hydrogens is 445 g/mol. The summed E-state index contributed by atoms with van der Waals surface area (Å²) >= 11 is 0. The fraction of sp³-hybridized carbons (Fsp3) is 0.500. The molecule has 2 heterocycles. The molecule has 0 radical (unpaired) electrons. The van der Waals surface area contributed by atoms with Gasteiger partial charge in [0.2, 0.25) is 0 Å². The smallest absolute Gasteiger partial charge is 0.329 e. The van der Waals surface area contributed by atoms with Gasteiger partial charge in [0.25, 0.3) is 5.91 Å². The normalized spacial score (nSPS) is 23.5. The first-order chi connectivity index (χ1) is 12.1. The summed E-state index contributed by atoms with van der Waals surface area (Å²) in [6, 6.07) is 7.58. The Labute approximate surface area is 170 Å².